The van der Waals surface area contributed by atoms with Crippen molar-refractivity contribution >= 4 is 38.4 Å². The Bertz CT molecular complexity index is 731. The van der Waals surface area contributed by atoms with Gasteiger partial charge in [-0.15, -0.1) is 11.3 Å². The van der Waals surface area contributed by atoms with Crippen molar-refractivity contribution in [3.63, 3.8) is 0 Å². The quantitative estimate of drug-likeness (QED) is 0.599. The molecule has 0 bridgehead atoms. The second-order valence-electron chi connectivity index (χ2n) is 5.67. The lowest BCUT2D eigenvalue weighted by atomic mass is 10.2. The van der Waals surface area contributed by atoms with E-state index >= 15 is 0 Å². The fourth-order valence-electron chi connectivity index (χ4n) is 1.44. The molecule has 0 aliphatic rings. The maximum Gasteiger partial charge on any atom is 0.413 e. The van der Waals surface area contributed by atoms with Crippen LogP contribution in [0.1, 0.15) is 33.4 Å². The Morgan fingerprint density at radius 3 is 2.54 bits per heavy atom. The first-order valence-electron chi connectivity index (χ1n) is 6.98. The van der Waals surface area contributed by atoms with Gasteiger partial charge in [0, 0.05) is 5.38 Å². The van der Waals surface area contributed by atoms with Gasteiger partial charge in [0.05, 0.1) is 18.1 Å². The number of nitrogens with one attached hydrogen (secondary N) is 1. The van der Waals surface area contributed by atoms with Gasteiger partial charge in [-0.1, -0.05) is 6.58 Å². The number of thiazole rings is 1. The largest absolute Gasteiger partial charge is 0.462 e. The molecule has 1 aromatic rings. The van der Waals surface area contributed by atoms with Crippen molar-refractivity contribution in [3.8, 4) is 0 Å². The van der Waals surface area contributed by atoms with E-state index in [4.69, 9.17) is 4.74 Å². The normalized spacial score (nSPS) is 11.7. The molecule has 10 heteroatoms. The number of carbonyl (C=O) groups is 2. The molecular formula is C14H20N2O6S2. The zero-order valence-electron chi connectivity index (χ0n) is 13.9. The fourth-order valence-corrected chi connectivity index (χ4v) is 3.27. The minimum Gasteiger partial charge on any atom is -0.462 e. The molecule has 0 aliphatic heterocycles. The lowest BCUT2D eigenvalue weighted by molar-refractivity contribution is -0.137. The third kappa shape index (κ3) is 6.28. The first-order valence-corrected chi connectivity index (χ1v) is 9.51. The Kier molecular flexibility index (Phi) is 6.50. The van der Waals surface area contributed by atoms with Crippen LogP contribution >= 0.6 is 11.3 Å². The minimum absolute atomic E-state index is 0.0496. The molecule has 0 fully saturated rings. The lowest BCUT2D eigenvalue weighted by Gasteiger charge is -2.18. The summed E-state index contributed by atoms with van der Waals surface area (Å²) in [7, 11) is -3.95. The number of esters is 1. The van der Waals surface area contributed by atoms with E-state index in [1.807, 2.05) is 0 Å². The van der Waals surface area contributed by atoms with Crippen molar-refractivity contribution in [2.75, 3.05) is 11.9 Å². The molecule has 1 N–H and O–H groups in total. The molecule has 0 aromatic carbocycles. The number of rotatable bonds is 6. The lowest BCUT2D eigenvalue weighted by Crippen LogP contribution is -2.27. The summed E-state index contributed by atoms with van der Waals surface area (Å²) < 4.78 is 33.9. The first-order chi connectivity index (χ1) is 10.9. The van der Waals surface area contributed by atoms with Crippen LogP contribution in [-0.2, 0) is 29.9 Å². The summed E-state index contributed by atoms with van der Waals surface area (Å²) in [5.41, 5.74) is -0.484. The van der Waals surface area contributed by atoms with Crippen molar-refractivity contribution in [2.45, 2.75) is 39.0 Å². The van der Waals surface area contributed by atoms with Crippen LogP contribution in [0.2, 0.25) is 0 Å². The van der Waals surface area contributed by atoms with Gasteiger partial charge >= 0.3 is 12.1 Å². The van der Waals surface area contributed by atoms with E-state index in [2.05, 4.69) is 21.6 Å². The summed E-state index contributed by atoms with van der Waals surface area (Å²) >= 11 is 1.04. The molecule has 1 heterocycles. The van der Waals surface area contributed by atoms with Gasteiger partial charge in [0.1, 0.15) is 10.5 Å². The van der Waals surface area contributed by atoms with Crippen LogP contribution in [0.3, 0.4) is 0 Å². The van der Waals surface area contributed by atoms with E-state index in [-0.39, 0.29) is 17.4 Å². The van der Waals surface area contributed by atoms with Crippen LogP contribution in [0.4, 0.5) is 9.93 Å². The van der Waals surface area contributed by atoms with Crippen LogP contribution < -0.4 is 5.32 Å². The van der Waals surface area contributed by atoms with E-state index in [9.17, 15) is 18.0 Å². The highest BCUT2D eigenvalue weighted by atomic mass is 32.2. The Morgan fingerprint density at radius 1 is 1.38 bits per heavy atom. The molecule has 0 atom stereocenters. The smallest absolute Gasteiger partial charge is 0.413 e. The molecular weight excluding hydrogens is 356 g/mol. The van der Waals surface area contributed by atoms with Crippen LogP contribution in [-0.4, -0.2) is 37.7 Å². The molecule has 0 saturated carbocycles. The van der Waals surface area contributed by atoms with Crippen LogP contribution in [0, 0.1) is 0 Å². The average molecular weight is 376 g/mol. The number of hydrogen-bond donors (Lipinski definition) is 1. The van der Waals surface area contributed by atoms with Gasteiger partial charge < -0.3 is 9.47 Å². The third-order valence-corrected chi connectivity index (χ3v) is 4.78. The second kappa shape index (κ2) is 7.75. The monoisotopic (exact) mass is 376 g/mol. The van der Waals surface area contributed by atoms with Crippen molar-refractivity contribution in [2.24, 2.45) is 0 Å². The molecule has 0 spiro atoms. The number of hydrogen-bond acceptors (Lipinski definition) is 8. The molecule has 0 radical (unpaired) electrons. The number of sulfone groups is 1. The summed E-state index contributed by atoms with van der Waals surface area (Å²) in [5, 5.41) is 4.07. The number of ether oxygens (including phenoxy) is 2. The molecule has 0 aliphatic carbocycles. The number of amides is 1. The van der Waals surface area contributed by atoms with Crippen molar-refractivity contribution in [3.05, 3.63) is 22.6 Å². The van der Waals surface area contributed by atoms with Gasteiger partial charge in [0.15, 0.2) is 15.0 Å². The molecule has 8 nitrogen and oxygen atoms in total. The predicted octanol–water partition coefficient (Wildman–Crippen LogP) is 2.48. The fraction of sp³-hybridized carbons (Fsp3) is 0.500. The summed E-state index contributed by atoms with van der Waals surface area (Å²) in [5.74, 6) is -1.50. The van der Waals surface area contributed by atoms with Gasteiger partial charge in [-0.05, 0) is 27.7 Å². The molecule has 0 saturated heterocycles. The topological polar surface area (TPSA) is 112 Å². The SMILES string of the molecule is C=C(C(=O)OCC)S(=O)(=O)Cc1csc(NC(=O)OC(C)(C)C)n1. The third-order valence-electron chi connectivity index (χ3n) is 2.38. The van der Waals surface area contributed by atoms with Crippen LogP contribution in [0.25, 0.3) is 0 Å². The highest BCUT2D eigenvalue weighted by molar-refractivity contribution is 7.95. The van der Waals surface area contributed by atoms with Gasteiger partial charge in [0.2, 0.25) is 0 Å². The number of carbonyl (C=O) groups excluding carboxylic acids is 2. The molecule has 1 aromatic heterocycles. The molecule has 0 unspecified atom stereocenters. The summed E-state index contributed by atoms with van der Waals surface area (Å²) in [4.78, 5) is 26.5. The summed E-state index contributed by atoms with van der Waals surface area (Å²) in [6, 6.07) is 0. The maximum absolute atomic E-state index is 12.1. The van der Waals surface area contributed by atoms with Gasteiger partial charge in [-0.2, -0.15) is 0 Å². The second-order valence-corrected chi connectivity index (χ2v) is 8.54. The van der Waals surface area contributed by atoms with Crippen molar-refractivity contribution in [1.82, 2.24) is 4.98 Å². The highest BCUT2D eigenvalue weighted by Gasteiger charge is 2.25. The molecule has 24 heavy (non-hydrogen) atoms. The van der Waals surface area contributed by atoms with Crippen LogP contribution in [0.5, 0.6) is 0 Å². The summed E-state index contributed by atoms with van der Waals surface area (Å²) in [6.07, 6.45) is -0.692. The predicted molar refractivity (Wildman–Crippen MR) is 90.4 cm³/mol. The maximum atomic E-state index is 12.1. The Hall–Kier alpha value is -1.94. The van der Waals surface area contributed by atoms with Crippen molar-refractivity contribution in [1.29, 1.82) is 0 Å². The van der Waals surface area contributed by atoms with Gasteiger partial charge in [-0.25, -0.2) is 23.0 Å². The number of nitrogens with zero attached hydrogens (tertiary/aromatic N) is 1. The van der Waals surface area contributed by atoms with Gasteiger partial charge in [-0.3, -0.25) is 5.32 Å². The minimum atomic E-state index is -3.95. The Balaban J connectivity index is 2.74. The van der Waals surface area contributed by atoms with Gasteiger partial charge in [0.25, 0.3) is 0 Å². The molecule has 1 amide bonds. The van der Waals surface area contributed by atoms with Crippen LogP contribution in [0.15, 0.2) is 16.9 Å². The number of aromatic nitrogens is 1. The van der Waals surface area contributed by atoms with E-state index in [0.29, 0.717) is 0 Å². The zero-order valence-corrected chi connectivity index (χ0v) is 15.5. The van der Waals surface area contributed by atoms with E-state index in [1.165, 1.54) is 5.38 Å². The standard InChI is InChI=1S/C14H20N2O6S2/c1-6-21-11(17)9(2)24(19,20)8-10-7-23-12(15-10)16-13(18)22-14(3,4)5/h7H,2,6,8H2,1,3-5H3,(H,15,16,18). The molecule has 134 valence electrons. The highest BCUT2D eigenvalue weighted by Crippen LogP contribution is 2.21. The molecule has 1 rings (SSSR count). The summed E-state index contributed by atoms with van der Waals surface area (Å²) in [6.45, 7) is 10.0. The average Bonchev–Trinajstić information content (AvgIpc) is 2.82. The zero-order chi connectivity index (χ0) is 18.5. The van der Waals surface area contributed by atoms with E-state index in [0.717, 1.165) is 11.3 Å². The van der Waals surface area contributed by atoms with Crippen molar-refractivity contribution < 1.29 is 27.5 Å². The van der Waals surface area contributed by atoms with E-state index in [1.54, 1.807) is 27.7 Å². The Labute approximate surface area is 144 Å². The first kappa shape index (κ1) is 20.1. The number of anilines is 1. The van der Waals surface area contributed by atoms with E-state index < -0.39 is 38.2 Å². The Morgan fingerprint density at radius 2 is 2.00 bits per heavy atom.